The van der Waals surface area contributed by atoms with Crippen LogP contribution >= 0.6 is 15.9 Å². The van der Waals surface area contributed by atoms with Crippen LogP contribution in [0.3, 0.4) is 0 Å². The number of likely N-dealkylation sites (N-methyl/N-ethyl adjacent to an activating group) is 2. The Kier molecular flexibility index (Phi) is 24.5. The average molecular weight is 1060 g/mol. The van der Waals surface area contributed by atoms with Gasteiger partial charge in [-0.25, -0.2) is 9.97 Å². The van der Waals surface area contributed by atoms with E-state index in [1.54, 1.807) is 56.2 Å². The third kappa shape index (κ3) is 17.0. The summed E-state index contributed by atoms with van der Waals surface area (Å²) < 4.78 is 12.0. The first kappa shape index (κ1) is 60.3. The molecule has 0 aliphatic carbocycles. The van der Waals surface area contributed by atoms with Gasteiger partial charge in [-0.15, -0.1) is 0 Å². The molecule has 1 aromatic carbocycles. The lowest BCUT2D eigenvalue weighted by Crippen LogP contribution is -2.59. The topological polar surface area (TPSA) is 234 Å². The van der Waals surface area contributed by atoms with Gasteiger partial charge in [0.05, 0.1) is 53.6 Å². The number of carbonyl (C=O) groups is 7. The Balaban J connectivity index is 1.60. The second-order valence-electron chi connectivity index (χ2n) is 19.6. The Morgan fingerprint density at radius 2 is 1.48 bits per heavy atom. The van der Waals surface area contributed by atoms with Crippen LogP contribution in [0.5, 0.6) is 0 Å². The summed E-state index contributed by atoms with van der Waals surface area (Å²) in [6, 6.07) is 3.24. The van der Waals surface area contributed by atoms with E-state index in [4.69, 9.17) is 9.47 Å². The highest BCUT2D eigenvalue weighted by Gasteiger charge is 2.43. The molecule has 7 amide bonds. The molecule has 1 fully saturated rings. The molecule has 2 aromatic rings. The fourth-order valence-electron chi connectivity index (χ4n) is 9.25. The summed E-state index contributed by atoms with van der Waals surface area (Å²) in [7, 11) is 8.51. The third-order valence-corrected chi connectivity index (χ3v) is 13.9. The van der Waals surface area contributed by atoms with Gasteiger partial charge < -0.3 is 45.9 Å². The molecule has 19 nitrogen and oxygen atoms in total. The summed E-state index contributed by atoms with van der Waals surface area (Å²) in [6.45, 7) is 17.4. The molecule has 1 saturated heterocycles. The summed E-state index contributed by atoms with van der Waals surface area (Å²) in [6.07, 6.45) is 4.03. The minimum Gasteiger partial charge on any atom is -0.379 e. The number of methoxy groups -OCH3 is 2. The van der Waals surface area contributed by atoms with E-state index in [2.05, 4.69) is 52.5 Å². The monoisotopic (exact) mass is 1060 g/mol. The number of rotatable bonds is 27. The molecule has 1 aliphatic heterocycles. The first-order chi connectivity index (χ1) is 33.5. The van der Waals surface area contributed by atoms with Crippen molar-refractivity contribution in [2.75, 3.05) is 53.8 Å². The SMILES string of the molecule is CC[C@H](C)[C@@H]([C@@H](CC(=O)N1CCC[C@H]1[C@H](OC)[C@@H](C)C(=O)NCCc1cccc(NC(=O)[C@H](C)NC(=O)[C@H](C)NC(=O)c2cnc(CBr)nc2)c1)OC)N(C)C(=O)[C@@H](NC(=O)[C@H](C(C)C)N(C)C)C(C)C. The van der Waals surface area contributed by atoms with E-state index in [0.29, 0.717) is 49.2 Å². The van der Waals surface area contributed by atoms with Crippen molar-refractivity contribution in [1.82, 2.24) is 45.9 Å². The summed E-state index contributed by atoms with van der Waals surface area (Å²) in [5.41, 5.74) is 1.54. The van der Waals surface area contributed by atoms with E-state index in [-0.39, 0.29) is 59.4 Å². The molecular formula is C51H81BrN10O9. The van der Waals surface area contributed by atoms with Crippen LogP contribution in [-0.2, 0) is 50.0 Å². The normalized spacial score (nSPS) is 17.5. The van der Waals surface area contributed by atoms with Gasteiger partial charge in [0.15, 0.2) is 0 Å². The van der Waals surface area contributed by atoms with E-state index >= 15 is 0 Å². The van der Waals surface area contributed by atoms with Gasteiger partial charge in [-0.3, -0.25) is 38.5 Å². The number of halogens is 1. The van der Waals surface area contributed by atoms with Gasteiger partial charge in [0, 0.05) is 52.4 Å². The molecule has 2 heterocycles. The van der Waals surface area contributed by atoms with Crippen molar-refractivity contribution in [3.8, 4) is 0 Å². The van der Waals surface area contributed by atoms with E-state index in [9.17, 15) is 33.6 Å². The highest BCUT2D eigenvalue weighted by atomic mass is 79.9. The minimum absolute atomic E-state index is 0.00180. The molecule has 1 aromatic heterocycles. The van der Waals surface area contributed by atoms with Crippen molar-refractivity contribution < 1.29 is 43.0 Å². The molecule has 3 rings (SSSR count). The van der Waals surface area contributed by atoms with Gasteiger partial charge in [0.2, 0.25) is 35.4 Å². The number of hydrogen-bond acceptors (Lipinski definition) is 12. The van der Waals surface area contributed by atoms with Crippen LogP contribution < -0.4 is 26.6 Å². The Hall–Kier alpha value is -5.05. The number of amides is 7. The molecule has 0 bridgehead atoms. The zero-order chi connectivity index (χ0) is 53.3. The van der Waals surface area contributed by atoms with E-state index in [1.165, 1.54) is 26.2 Å². The number of likely N-dealkylation sites (tertiary alicyclic amines) is 1. The standard InChI is InChI=1S/C51H81BrN10O9/c1-15-31(6)44(61(12)51(69)42(29(2)3)59-50(68)43(30(4)5)60(10)11)39(70-13)25-41(63)62-23-17-20-38(62)45(71-14)32(7)46(64)53-22-21-35-18-16-19-37(24-35)58-48(66)34(9)56-47(65)33(8)57-49(67)36-27-54-40(26-52)55-28-36/h16,18-19,24,27-34,38-39,42-45H,15,17,20-23,25-26H2,1-14H3,(H,53,64)(H,56,65)(H,57,67)(H,58,66)(H,59,68)/t31-,32+,33-,34-,38-,39+,42-,43-,44-,45+/m0/s1. The first-order valence-electron chi connectivity index (χ1n) is 24.8. The van der Waals surface area contributed by atoms with Gasteiger partial charge in [-0.2, -0.15) is 0 Å². The summed E-state index contributed by atoms with van der Waals surface area (Å²) in [5.74, 6) is -2.73. The smallest absolute Gasteiger partial charge is 0.255 e. The largest absolute Gasteiger partial charge is 0.379 e. The number of hydrogen-bond donors (Lipinski definition) is 5. The maximum atomic E-state index is 14.3. The highest BCUT2D eigenvalue weighted by molar-refractivity contribution is 9.08. The van der Waals surface area contributed by atoms with E-state index < -0.39 is 66.1 Å². The Morgan fingerprint density at radius 3 is 2.04 bits per heavy atom. The Bertz CT molecular complexity index is 2080. The number of alkyl halides is 1. The molecule has 20 heteroatoms. The molecule has 0 spiro atoms. The van der Waals surface area contributed by atoms with Crippen molar-refractivity contribution in [2.24, 2.45) is 23.7 Å². The van der Waals surface area contributed by atoms with Gasteiger partial charge in [0.1, 0.15) is 23.9 Å². The second-order valence-corrected chi connectivity index (χ2v) is 20.2. The van der Waals surface area contributed by atoms with Gasteiger partial charge in [-0.1, -0.05) is 82.9 Å². The average Bonchev–Trinajstić information content (AvgIpc) is 3.82. The predicted molar refractivity (Wildman–Crippen MR) is 276 cm³/mol. The maximum Gasteiger partial charge on any atom is 0.255 e. The lowest BCUT2D eigenvalue weighted by Gasteiger charge is -2.41. The molecule has 396 valence electrons. The molecule has 0 saturated carbocycles. The Morgan fingerprint density at radius 1 is 0.831 bits per heavy atom. The quantitative estimate of drug-likeness (QED) is 0.0802. The van der Waals surface area contributed by atoms with Crippen LogP contribution in [0.4, 0.5) is 5.69 Å². The van der Waals surface area contributed by atoms with E-state index in [0.717, 1.165) is 12.0 Å². The van der Waals surface area contributed by atoms with Crippen molar-refractivity contribution in [2.45, 2.75) is 148 Å². The summed E-state index contributed by atoms with van der Waals surface area (Å²) in [5, 5.41) is 14.5. The lowest BCUT2D eigenvalue weighted by atomic mass is 9.89. The number of aromatic nitrogens is 2. The number of ether oxygens (including phenoxy) is 2. The number of nitrogens with zero attached hydrogens (tertiary/aromatic N) is 5. The van der Waals surface area contributed by atoms with Crippen molar-refractivity contribution >= 4 is 63.0 Å². The van der Waals surface area contributed by atoms with Gasteiger partial charge in [-0.05, 0) is 82.7 Å². The fraction of sp³-hybridized carbons (Fsp3) is 0.667. The number of carbonyl (C=O) groups excluding carboxylic acids is 7. The van der Waals surface area contributed by atoms with Crippen LogP contribution in [0.2, 0.25) is 0 Å². The van der Waals surface area contributed by atoms with Crippen molar-refractivity contribution in [3.05, 3.63) is 53.6 Å². The van der Waals surface area contributed by atoms with E-state index in [1.807, 2.05) is 66.6 Å². The summed E-state index contributed by atoms with van der Waals surface area (Å²) in [4.78, 5) is 108. The van der Waals surface area contributed by atoms with Crippen LogP contribution in [0.25, 0.3) is 0 Å². The second kappa shape index (κ2) is 28.9. The zero-order valence-corrected chi connectivity index (χ0v) is 45.9. The van der Waals surface area contributed by atoms with Crippen LogP contribution in [0.1, 0.15) is 110 Å². The highest BCUT2D eigenvalue weighted by Crippen LogP contribution is 2.30. The number of anilines is 1. The van der Waals surface area contributed by atoms with Gasteiger partial charge >= 0.3 is 0 Å². The summed E-state index contributed by atoms with van der Waals surface area (Å²) >= 11 is 3.25. The Labute approximate surface area is 429 Å². The van der Waals surface area contributed by atoms with Crippen LogP contribution in [0.15, 0.2) is 36.7 Å². The first-order valence-corrected chi connectivity index (χ1v) is 25.9. The fourth-order valence-corrected chi connectivity index (χ4v) is 9.54. The van der Waals surface area contributed by atoms with Crippen molar-refractivity contribution in [1.29, 1.82) is 0 Å². The van der Waals surface area contributed by atoms with Crippen LogP contribution in [0, 0.1) is 23.7 Å². The minimum atomic E-state index is -0.944. The van der Waals surface area contributed by atoms with Crippen LogP contribution in [-0.4, -0.2) is 163 Å². The molecule has 71 heavy (non-hydrogen) atoms. The molecule has 5 N–H and O–H groups in total. The number of benzene rings is 1. The zero-order valence-electron chi connectivity index (χ0n) is 44.3. The predicted octanol–water partition coefficient (Wildman–Crippen LogP) is 3.94. The molecular weight excluding hydrogens is 977 g/mol. The number of nitrogens with one attached hydrogen (secondary N) is 5. The lowest BCUT2D eigenvalue weighted by molar-refractivity contribution is -0.148. The molecule has 10 atom stereocenters. The van der Waals surface area contributed by atoms with Gasteiger partial charge in [0.25, 0.3) is 5.91 Å². The van der Waals surface area contributed by atoms with Crippen molar-refractivity contribution in [3.63, 3.8) is 0 Å². The molecule has 0 unspecified atom stereocenters. The third-order valence-electron chi connectivity index (χ3n) is 13.4. The maximum absolute atomic E-state index is 14.3. The molecule has 1 aliphatic rings. The molecule has 0 radical (unpaired) electrons.